The number of carbonyl (C=O) groups excluding carboxylic acids is 2. The quantitative estimate of drug-likeness (QED) is 0.933. The molecule has 1 aromatic rings. The fourth-order valence-electron chi connectivity index (χ4n) is 2.74. The molecule has 120 valence electrons. The van der Waals surface area contributed by atoms with E-state index in [4.69, 9.17) is 0 Å². The predicted octanol–water partition coefficient (Wildman–Crippen LogP) is 2.94. The average molecular weight is 302 g/mol. The molecule has 1 atom stereocenters. The topological polar surface area (TPSA) is 49.4 Å². The Morgan fingerprint density at radius 2 is 1.82 bits per heavy atom. The van der Waals surface area contributed by atoms with Gasteiger partial charge in [0.15, 0.2) is 0 Å². The lowest BCUT2D eigenvalue weighted by Gasteiger charge is -2.32. The number of benzene rings is 1. The number of likely N-dealkylation sites (tertiary alicyclic amines) is 1. The monoisotopic (exact) mass is 302 g/mol. The molecule has 1 aliphatic heterocycles. The van der Waals surface area contributed by atoms with Crippen LogP contribution in [0.1, 0.15) is 62.9 Å². The van der Waals surface area contributed by atoms with Crippen LogP contribution in [-0.2, 0) is 4.79 Å². The van der Waals surface area contributed by atoms with E-state index in [9.17, 15) is 9.59 Å². The minimum absolute atomic E-state index is 0.105. The van der Waals surface area contributed by atoms with Crippen LogP contribution in [0.15, 0.2) is 24.3 Å². The zero-order valence-corrected chi connectivity index (χ0v) is 14.1. The minimum atomic E-state index is -0.199. The van der Waals surface area contributed by atoms with Crippen molar-refractivity contribution >= 4 is 11.8 Å². The van der Waals surface area contributed by atoms with E-state index in [0.29, 0.717) is 24.4 Å². The molecule has 4 heteroatoms. The molecule has 1 saturated heterocycles. The Balaban J connectivity index is 2.00. The molecule has 0 spiro atoms. The normalized spacial score (nSPS) is 18.9. The molecule has 0 saturated carbocycles. The van der Waals surface area contributed by atoms with Gasteiger partial charge in [0, 0.05) is 24.1 Å². The maximum atomic E-state index is 12.3. The van der Waals surface area contributed by atoms with Crippen LogP contribution in [-0.4, -0.2) is 34.8 Å². The summed E-state index contributed by atoms with van der Waals surface area (Å²) in [6, 6.07) is 7.57. The highest BCUT2D eigenvalue weighted by atomic mass is 16.2. The van der Waals surface area contributed by atoms with E-state index >= 15 is 0 Å². The van der Waals surface area contributed by atoms with Gasteiger partial charge in [-0.3, -0.25) is 9.59 Å². The third kappa shape index (κ3) is 3.67. The first kappa shape index (κ1) is 16.5. The first-order valence-electron chi connectivity index (χ1n) is 7.90. The third-order valence-electron chi connectivity index (χ3n) is 4.11. The summed E-state index contributed by atoms with van der Waals surface area (Å²) in [5, 5.41) is 2.97. The molecule has 4 nitrogen and oxygen atoms in total. The van der Waals surface area contributed by atoms with Gasteiger partial charge < -0.3 is 10.2 Å². The zero-order chi connectivity index (χ0) is 16.5. The maximum absolute atomic E-state index is 12.3. The summed E-state index contributed by atoms with van der Waals surface area (Å²) >= 11 is 0. The predicted molar refractivity (Wildman–Crippen MR) is 87.9 cm³/mol. The number of carbonyl (C=O) groups is 2. The van der Waals surface area contributed by atoms with Crippen LogP contribution in [0.5, 0.6) is 0 Å². The van der Waals surface area contributed by atoms with Crippen molar-refractivity contribution in [1.82, 2.24) is 10.2 Å². The van der Waals surface area contributed by atoms with Crippen LogP contribution in [0.3, 0.4) is 0 Å². The first-order valence-corrected chi connectivity index (χ1v) is 7.90. The van der Waals surface area contributed by atoms with Gasteiger partial charge in [-0.1, -0.05) is 26.0 Å². The van der Waals surface area contributed by atoms with Crippen LogP contribution in [0.4, 0.5) is 0 Å². The lowest BCUT2D eigenvalue weighted by atomic mass is 10.0. The van der Waals surface area contributed by atoms with Crippen molar-refractivity contribution in [2.45, 2.75) is 58.5 Å². The summed E-state index contributed by atoms with van der Waals surface area (Å²) in [5.41, 5.74) is 1.66. The van der Waals surface area contributed by atoms with Crippen LogP contribution in [0.25, 0.3) is 0 Å². The molecule has 1 aliphatic rings. The van der Waals surface area contributed by atoms with Crippen LogP contribution in [0, 0.1) is 0 Å². The number of rotatable bonds is 3. The molecule has 1 unspecified atom stereocenters. The molecule has 22 heavy (non-hydrogen) atoms. The minimum Gasteiger partial charge on any atom is -0.347 e. The van der Waals surface area contributed by atoms with Gasteiger partial charge in [-0.25, -0.2) is 0 Å². The molecule has 1 fully saturated rings. The van der Waals surface area contributed by atoms with E-state index in [1.165, 1.54) is 5.56 Å². The van der Waals surface area contributed by atoms with Gasteiger partial charge in [0.25, 0.3) is 5.91 Å². The number of hydrogen-bond acceptors (Lipinski definition) is 2. The summed E-state index contributed by atoms with van der Waals surface area (Å²) in [4.78, 5) is 26.2. The van der Waals surface area contributed by atoms with Gasteiger partial charge in [-0.15, -0.1) is 0 Å². The van der Waals surface area contributed by atoms with Gasteiger partial charge in [-0.05, 0) is 44.4 Å². The highest BCUT2D eigenvalue weighted by Gasteiger charge is 2.36. The fraction of sp³-hybridized carbons (Fsp3) is 0.556. The Hall–Kier alpha value is -1.84. The fourth-order valence-corrected chi connectivity index (χ4v) is 2.74. The largest absolute Gasteiger partial charge is 0.347 e. The van der Waals surface area contributed by atoms with Crippen LogP contribution < -0.4 is 5.32 Å². The maximum Gasteiger partial charge on any atom is 0.251 e. The number of hydrogen-bond donors (Lipinski definition) is 1. The van der Waals surface area contributed by atoms with E-state index in [2.05, 4.69) is 19.2 Å². The van der Waals surface area contributed by atoms with Crippen LogP contribution >= 0.6 is 0 Å². The molecule has 2 amide bonds. The molecule has 0 aliphatic carbocycles. The second-order valence-electron chi connectivity index (χ2n) is 7.33. The number of amides is 2. The molecular formula is C18H26N2O2. The molecular weight excluding hydrogens is 276 g/mol. The number of nitrogens with zero attached hydrogens (tertiary/aromatic N) is 1. The molecule has 0 radical (unpaired) electrons. The highest BCUT2D eigenvalue weighted by molar-refractivity contribution is 5.95. The molecule has 0 aromatic heterocycles. The standard InChI is InChI=1S/C18H26N2O2/c1-12(2)13-6-8-14(9-7-13)17(22)19-15-10-16(21)20(11-15)18(3,4)5/h6-9,12,15H,10-11H2,1-5H3,(H,19,22). The van der Waals surface area contributed by atoms with E-state index in [-0.39, 0.29) is 23.4 Å². The van der Waals surface area contributed by atoms with Gasteiger partial charge >= 0.3 is 0 Å². The smallest absolute Gasteiger partial charge is 0.251 e. The van der Waals surface area contributed by atoms with Gasteiger partial charge in [-0.2, -0.15) is 0 Å². The van der Waals surface area contributed by atoms with Crippen molar-refractivity contribution < 1.29 is 9.59 Å². The Bertz CT molecular complexity index is 555. The lowest BCUT2D eigenvalue weighted by molar-refractivity contribution is -0.131. The Kier molecular flexibility index (Phi) is 4.59. The van der Waals surface area contributed by atoms with E-state index in [0.717, 1.165) is 0 Å². The molecule has 1 aromatic carbocycles. The van der Waals surface area contributed by atoms with Crippen molar-refractivity contribution in [2.75, 3.05) is 6.54 Å². The van der Waals surface area contributed by atoms with E-state index in [1.807, 2.05) is 49.9 Å². The van der Waals surface area contributed by atoms with E-state index < -0.39 is 0 Å². The first-order chi connectivity index (χ1) is 10.2. The summed E-state index contributed by atoms with van der Waals surface area (Å²) in [6.45, 7) is 10.9. The van der Waals surface area contributed by atoms with Gasteiger partial charge in [0.05, 0.1) is 6.04 Å². The second kappa shape index (κ2) is 6.11. The Morgan fingerprint density at radius 1 is 1.23 bits per heavy atom. The zero-order valence-electron chi connectivity index (χ0n) is 14.1. The Morgan fingerprint density at radius 3 is 2.27 bits per heavy atom. The van der Waals surface area contributed by atoms with Gasteiger partial charge in [0.1, 0.15) is 0 Å². The SMILES string of the molecule is CC(C)c1ccc(C(=O)NC2CC(=O)N(C(C)(C)C)C2)cc1. The van der Waals surface area contributed by atoms with Crippen LogP contribution in [0.2, 0.25) is 0 Å². The lowest BCUT2D eigenvalue weighted by Crippen LogP contribution is -2.44. The molecule has 1 heterocycles. The van der Waals surface area contributed by atoms with Crippen molar-refractivity contribution in [2.24, 2.45) is 0 Å². The number of nitrogens with one attached hydrogen (secondary N) is 1. The van der Waals surface area contributed by atoms with E-state index in [1.54, 1.807) is 0 Å². The molecule has 0 bridgehead atoms. The summed E-state index contributed by atoms with van der Waals surface area (Å²) < 4.78 is 0. The van der Waals surface area contributed by atoms with Gasteiger partial charge in [0.2, 0.25) is 5.91 Å². The third-order valence-corrected chi connectivity index (χ3v) is 4.11. The molecule has 2 rings (SSSR count). The van der Waals surface area contributed by atoms with Crippen molar-refractivity contribution in [3.8, 4) is 0 Å². The Labute approximate surface area is 132 Å². The summed E-state index contributed by atoms with van der Waals surface area (Å²) in [7, 11) is 0. The molecule has 1 N–H and O–H groups in total. The summed E-state index contributed by atoms with van der Waals surface area (Å²) in [6.07, 6.45) is 0.382. The highest BCUT2D eigenvalue weighted by Crippen LogP contribution is 2.22. The van der Waals surface area contributed by atoms with Crippen molar-refractivity contribution in [1.29, 1.82) is 0 Å². The summed E-state index contributed by atoms with van der Waals surface area (Å²) in [5.74, 6) is 0.446. The second-order valence-corrected chi connectivity index (χ2v) is 7.33. The van der Waals surface area contributed by atoms with Crippen molar-refractivity contribution in [3.05, 3.63) is 35.4 Å². The van der Waals surface area contributed by atoms with Crippen molar-refractivity contribution in [3.63, 3.8) is 0 Å². The average Bonchev–Trinajstić information content (AvgIpc) is 2.79.